The smallest absolute Gasteiger partial charge is 0.322 e. The van der Waals surface area contributed by atoms with Crippen molar-refractivity contribution < 1.29 is 4.74 Å². The van der Waals surface area contributed by atoms with E-state index in [4.69, 9.17) is 10.6 Å². The fourth-order valence-electron chi connectivity index (χ4n) is 2.06. The minimum atomic E-state index is 0.258. The van der Waals surface area contributed by atoms with Crippen molar-refractivity contribution in [1.82, 2.24) is 15.0 Å². The maximum absolute atomic E-state index is 5.36. The van der Waals surface area contributed by atoms with Gasteiger partial charge in [0.15, 0.2) is 0 Å². The molecule has 3 heterocycles. The highest BCUT2D eigenvalue weighted by Gasteiger charge is 2.20. The number of rotatable bonds is 3. The molecule has 1 aliphatic rings. The third-order valence-electron chi connectivity index (χ3n) is 3.01. The van der Waals surface area contributed by atoms with Gasteiger partial charge in [0.05, 0.1) is 7.11 Å². The van der Waals surface area contributed by atoms with Gasteiger partial charge in [0, 0.05) is 18.0 Å². The zero-order valence-electron chi connectivity index (χ0n) is 10.5. The van der Waals surface area contributed by atoms with Gasteiger partial charge in [0.25, 0.3) is 0 Å². The molecule has 0 aliphatic carbocycles. The minimum absolute atomic E-state index is 0.258. The molecule has 0 radical (unpaired) electrons. The molecule has 0 bridgehead atoms. The van der Waals surface area contributed by atoms with Crippen molar-refractivity contribution in [2.75, 3.05) is 24.0 Å². The van der Waals surface area contributed by atoms with E-state index in [0.29, 0.717) is 11.9 Å². The summed E-state index contributed by atoms with van der Waals surface area (Å²) < 4.78 is 5.06. The zero-order chi connectivity index (χ0) is 13.2. The van der Waals surface area contributed by atoms with Gasteiger partial charge in [0.2, 0.25) is 11.9 Å². The average Bonchev–Trinajstić information content (AvgIpc) is 2.94. The molecule has 3 N–H and O–H groups in total. The number of anilines is 2. The van der Waals surface area contributed by atoms with Crippen LogP contribution in [0.15, 0.2) is 11.4 Å². The van der Waals surface area contributed by atoms with Crippen LogP contribution >= 0.6 is 11.3 Å². The molecule has 0 spiro atoms. The molecule has 0 amide bonds. The summed E-state index contributed by atoms with van der Waals surface area (Å²) in [5.41, 5.74) is 3.76. The van der Waals surface area contributed by atoms with Crippen LogP contribution in [0.5, 0.6) is 6.01 Å². The summed E-state index contributed by atoms with van der Waals surface area (Å²) in [5.74, 6) is 6.24. The Balaban J connectivity index is 1.90. The zero-order valence-corrected chi connectivity index (χ0v) is 11.3. The summed E-state index contributed by atoms with van der Waals surface area (Å²) in [7, 11) is 1.52. The molecule has 1 aliphatic heterocycles. The minimum Gasteiger partial charge on any atom is -0.467 e. The fraction of sp³-hybridized carbons (Fsp3) is 0.364. The largest absolute Gasteiger partial charge is 0.467 e. The summed E-state index contributed by atoms with van der Waals surface area (Å²) in [6.07, 6.45) is 1.01. The number of hydrogen-bond acceptors (Lipinski definition) is 8. The van der Waals surface area contributed by atoms with E-state index >= 15 is 0 Å². The Morgan fingerprint density at radius 1 is 1.42 bits per heavy atom. The van der Waals surface area contributed by atoms with Crippen molar-refractivity contribution in [3.8, 4) is 6.01 Å². The topological polar surface area (TPSA) is 89.2 Å². The highest BCUT2D eigenvalue weighted by atomic mass is 32.1. The lowest BCUT2D eigenvalue weighted by molar-refractivity contribution is 0.378. The molecule has 0 saturated heterocycles. The van der Waals surface area contributed by atoms with Gasteiger partial charge in [-0.2, -0.15) is 15.0 Å². The Bertz CT molecular complexity index is 564. The van der Waals surface area contributed by atoms with E-state index in [1.807, 2.05) is 0 Å². The van der Waals surface area contributed by atoms with E-state index in [9.17, 15) is 0 Å². The van der Waals surface area contributed by atoms with Crippen molar-refractivity contribution in [1.29, 1.82) is 0 Å². The highest BCUT2D eigenvalue weighted by molar-refractivity contribution is 7.10. The van der Waals surface area contributed by atoms with Crippen molar-refractivity contribution in [3.63, 3.8) is 0 Å². The second kappa shape index (κ2) is 4.98. The Morgan fingerprint density at radius 3 is 3.11 bits per heavy atom. The fourth-order valence-corrected chi connectivity index (χ4v) is 2.95. The Hall–Kier alpha value is -1.93. The van der Waals surface area contributed by atoms with Crippen LogP contribution in [-0.2, 0) is 13.0 Å². The molecule has 100 valence electrons. The molecule has 0 saturated carbocycles. The van der Waals surface area contributed by atoms with Gasteiger partial charge in [-0.1, -0.05) is 0 Å². The highest BCUT2D eigenvalue weighted by Crippen LogP contribution is 2.26. The number of nitrogen functional groups attached to an aromatic ring is 1. The summed E-state index contributed by atoms with van der Waals surface area (Å²) in [6.45, 7) is 1.68. The first-order valence-electron chi connectivity index (χ1n) is 5.87. The first kappa shape index (κ1) is 12.1. The molecule has 0 unspecified atom stereocenters. The van der Waals surface area contributed by atoms with Gasteiger partial charge in [-0.3, -0.25) is 5.43 Å². The average molecular weight is 278 g/mol. The number of methoxy groups -OCH3 is 1. The molecular formula is C11H14N6OS. The van der Waals surface area contributed by atoms with E-state index in [-0.39, 0.29) is 6.01 Å². The second-order valence-electron chi connectivity index (χ2n) is 4.13. The van der Waals surface area contributed by atoms with E-state index in [2.05, 4.69) is 36.7 Å². The number of aromatic nitrogens is 3. The quantitative estimate of drug-likeness (QED) is 0.633. The molecule has 2 aromatic rings. The second-order valence-corrected chi connectivity index (χ2v) is 5.13. The number of thiophene rings is 1. The number of nitrogens with two attached hydrogens (primary N) is 1. The number of nitrogens with one attached hydrogen (secondary N) is 1. The summed E-state index contributed by atoms with van der Waals surface area (Å²) in [6, 6.07) is 2.40. The monoisotopic (exact) mass is 278 g/mol. The van der Waals surface area contributed by atoms with Crippen molar-refractivity contribution in [3.05, 3.63) is 21.9 Å². The summed E-state index contributed by atoms with van der Waals surface area (Å²) in [5, 5.41) is 2.12. The molecule has 0 fully saturated rings. The van der Waals surface area contributed by atoms with Crippen molar-refractivity contribution in [2.24, 2.45) is 5.84 Å². The first-order valence-corrected chi connectivity index (χ1v) is 6.75. The van der Waals surface area contributed by atoms with E-state index in [1.54, 1.807) is 11.3 Å². The Kier molecular flexibility index (Phi) is 3.18. The molecule has 0 aromatic carbocycles. The van der Waals surface area contributed by atoms with Crippen LogP contribution in [-0.4, -0.2) is 28.6 Å². The predicted molar refractivity (Wildman–Crippen MR) is 73.3 cm³/mol. The van der Waals surface area contributed by atoms with Gasteiger partial charge in [-0.25, -0.2) is 5.84 Å². The number of hydrogen-bond donors (Lipinski definition) is 2. The lowest BCUT2D eigenvalue weighted by Crippen LogP contribution is -2.31. The molecule has 8 heteroatoms. The Labute approximate surface area is 114 Å². The molecular weight excluding hydrogens is 264 g/mol. The van der Waals surface area contributed by atoms with Crippen LogP contribution in [0.3, 0.4) is 0 Å². The van der Waals surface area contributed by atoms with Crippen LogP contribution in [0.1, 0.15) is 10.4 Å². The maximum atomic E-state index is 5.36. The molecule has 3 rings (SSSR count). The van der Waals surface area contributed by atoms with E-state index in [1.165, 1.54) is 17.6 Å². The van der Waals surface area contributed by atoms with Gasteiger partial charge in [0.1, 0.15) is 0 Å². The van der Waals surface area contributed by atoms with Gasteiger partial charge in [-0.05, 0) is 23.4 Å². The van der Waals surface area contributed by atoms with Crippen molar-refractivity contribution >= 4 is 23.2 Å². The maximum Gasteiger partial charge on any atom is 0.322 e. The van der Waals surface area contributed by atoms with Gasteiger partial charge >= 0.3 is 6.01 Å². The van der Waals surface area contributed by atoms with Crippen LogP contribution in [0.2, 0.25) is 0 Å². The SMILES string of the molecule is COc1nc(NN)nc(N2CCc3sccc3C2)n1. The lowest BCUT2D eigenvalue weighted by Gasteiger charge is -2.27. The van der Waals surface area contributed by atoms with Crippen LogP contribution < -0.4 is 20.9 Å². The predicted octanol–water partition coefficient (Wildman–Crippen LogP) is 0.790. The number of ether oxygens (including phenoxy) is 1. The molecule has 2 aromatic heterocycles. The number of hydrazine groups is 1. The molecule has 19 heavy (non-hydrogen) atoms. The molecule has 0 atom stereocenters. The van der Waals surface area contributed by atoms with E-state index in [0.717, 1.165) is 19.5 Å². The van der Waals surface area contributed by atoms with Crippen LogP contribution in [0.4, 0.5) is 11.9 Å². The number of nitrogens with zero attached hydrogens (tertiary/aromatic N) is 4. The van der Waals surface area contributed by atoms with Gasteiger partial charge in [-0.15, -0.1) is 11.3 Å². The van der Waals surface area contributed by atoms with Crippen LogP contribution in [0, 0.1) is 0 Å². The third-order valence-corrected chi connectivity index (χ3v) is 4.03. The van der Waals surface area contributed by atoms with Gasteiger partial charge < -0.3 is 9.64 Å². The third kappa shape index (κ3) is 2.32. The standard InChI is InChI=1S/C11H14N6OS/c1-18-11-14-9(16-12)13-10(15-11)17-4-2-8-7(6-17)3-5-19-8/h3,5H,2,4,6,12H2,1H3,(H,13,14,15,16). The normalized spacial score (nSPS) is 14.1. The van der Waals surface area contributed by atoms with Crippen molar-refractivity contribution in [2.45, 2.75) is 13.0 Å². The lowest BCUT2D eigenvalue weighted by atomic mass is 10.1. The first-order chi connectivity index (χ1) is 9.30. The summed E-state index contributed by atoms with van der Waals surface area (Å²) >= 11 is 1.80. The van der Waals surface area contributed by atoms with E-state index < -0.39 is 0 Å². The molecule has 7 nitrogen and oxygen atoms in total. The number of fused-ring (bicyclic) bond motifs is 1. The van der Waals surface area contributed by atoms with Crippen LogP contribution in [0.25, 0.3) is 0 Å². The summed E-state index contributed by atoms with van der Waals surface area (Å²) in [4.78, 5) is 16.1. The Morgan fingerprint density at radius 2 is 2.32 bits per heavy atom.